The highest BCUT2D eigenvalue weighted by Crippen LogP contribution is 2.53. The van der Waals surface area contributed by atoms with Gasteiger partial charge in [-0.15, -0.1) is 11.3 Å². The first-order valence-corrected chi connectivity index (χ1v) is 20.3. The Bertz CT molecular complexity index is 3130. The van der Waals surface area contributed by atoms with Crippen molar-refractivity contribution in [3.05, 3.63) is 217 Å². The van der Waals surface area contributed by atoms with Crippen molar-refractivity contribution in [2.75, 3.05) is 0 Å². The highest BCUT2D eigenvalue weighted by molar-refractivity contribution is 7.26. The molecule has 0 amide bonds. The predicted molar refractivity (Wildman–Crippen MR) is 240 cm³/mol. The smallest absolute Gasteiger partial charge is 0.160 e. The molecule has 0 aliphatic heterocycles. The maximum atomic E-state index is 5.18. The molecule has 0 N–H and O–H groups in total. The van der Waals surface area contributed by atoms with E-state index in [0.717, 1.165) is 28.1 Å². The van der Waals surface area contributed by atoms with Gasteiger partial charge in [0.1, 0.15) is 0 Å². The lowest BCUT2D eigenvalue weighted by Crippen LogP contribution is -2.22. The Morgan fingerprint density at radius 1 is 0.386 bits per heavy atom. The lowest BCUT2D eigenvalue weighted by Gasteiger charge is -2.28. The summed E-state index contributed by atoms with van der Waals surface area (Å²) >= 11 is 1.86. The van der Waals surface area contributed by atoms with Gasteiger partial charge in [0.2, 0.25) is 0 Å². The normalized spacial score (nSPS) is 14.5. The van der Waals surface area contributed by atoms with E-state index in [2.05, 4.69) is 189 Å². The van der Waals surface area contributed by atoms with Crippen molar-refractivity contribution >= 4 is 31.5 Å². The van der Waals surface area contributed by atoms with E-state index in [1.807, 2.05) is 29.5 Å². The monoisotopic (exact) mass is 744 g/mol. The summed E-state index contributed by atoms with van der Waals surface area (Å²) in [5.74, 6) is 0.711. The van der Waals surface area contributed by atoms with Gasteiger partial charge in [0.15, 0.2) is 5.82 Å². The number of hydrogen-bond donors (Lipinski definition) is 0. The maximum Gasteiger partial charge on any atom is 0.160 e. The van der Waals surface area contributed by atoms with Gasteiger partial charge in [-0.1, -0.05) is 176 Å². The number of benzene rings is 8. The van der Waals surface area contributed by atoms with Gasteiger partial charge in [0.05, 0.1) is 11.4 Å². The summed E-state index contributed by atoms with van der Waals surface area (Å²) in [6, 6.07) is 72.2. The molecule has 1 atom stereocenters. The molecule has 0 bridgehead atoms. The molecule has 0 radical (unpaired) electrons. The molecule has 2 aromatic heterocycles. The summed E-state index contributed by atoms with van der Waals surface area (Å²) in [5, 5.41) is 2.61. The van der Waals surface area contributed by atoms with Crippen molar-refractivity contribution < 1.29 is 0 Å². The van der Waals surface area contributed by atoms with E-state index in [-0.39, 0.29) is 5.41 Å². The van der Waals surface area contributed by atoms with Gasteiger partial charge in [-0.25, -0.2) is 9.97 Å². The molecule has 3 heteroatoms. The Hall–Kier alpha value is -6.94. The minimum atomic E-state index is -0.240. The van der Waals surface area contributed by atoms with Crippen LogP contribution in [0.1, 0.15) is 23.6 Å². The Balaban J connectivity index is 0.986. The van der Waals surface area contributed by atoms with Gasteiger partial charge < -0.3 is 0 Å². The molecule has 1 aliphatic carbocycles. The zero-order chi connectivity index (χ0) is 37.9. The summed E-state index contributed by atoms with van der Waals surface area (Å²) in [7, 11) is 0. The van der Waals surface area contributed by atoms with E-state index in [9.17, 15) is 0 Å². The molecule has 1 unspecified atom stereocenters. The van der Waals surface area contributed by atoms with Crippen LogP contribution in [0.15, 0.2) is 200 Å². The third-order valence-corrected chi connectivity index (χ3v) is 13.0. The molecular formula is C54H36N2S. The lowest BCUT2D eigenvalue weighted by molar-refractivity contribution is 0.714. The van der Waals surface area contributed by atoms with Crippen molar-refractivity contribution in [1.82, 2.24) is 9.97 Å². The fourth-order valence-electron chi connectivity index (χ4n) is 8.87. The van der Waals surface area contributed by atoms with Crippen LogP contribution in [-0.2, 0) is 5.41 Å². The fourth-order valence-corrected chi connectivity index (χ4v) is 10.1. The third-order valence-electron chi connectivity index (χ3n) is 11.8. The molecule has 268 valence electrons. The van der Waals surface area contributed by atoms with Crippen molar-refractivity contribution in [3.8, 4) is 67.3 Å². The number of fused-ring (bicyclic) bond motifs is 6. The van der Waals surface area contributed by atoms with Gasteiger partial charge in [-0.2, -0.15) is 0 Å². The Kier molecular flexibility index (Phi) is 7.84. The number of thiophene rings is 1. The second kappa shape index (κ2) is 13.4. The van der Waals surface area contributed by atoms with Crippen LogP contribution in [0.25, 0.3) is 87.5 Å². The van der Waals surface area contributed by atoms with E-state index >= 15 is 0 Å². The van der Waals surface area contributed by atoms with Crippen molar-refractivity contribution in [1.29, 1.82) is 0 Å². The molecule has 1 aliphatic rings. The zero-order valence-corrected chi connectivity index (χ0v) is 32.2. The van der Waals surface area contributed by atoms with Crippen molar-refractivity contribution in [2.45, 2.75) is 12.3 Å². The molecule has 2 heterocycles. The molecular weight excluding hydrogens is 709 g/mol. The van der Waals surface area contributed by atoms with Crippen LogP contribution in [0.2, 0.25) is 0 Å². The van der Waals surface area contributed by atoms with Crippen LogP contribution < -0.4 is 0 Å². The molecule has 0 spiro atoms. The molecule has 8 aromatic carbocycles. The second-order valence-corrected chi connectivity index (χ2v) is 16.1. The van der Waals surface area contributed by atoms with Gasteiger partial charge in [0.25, 0.3) is 0 Å². The summed E-state index contributed by atoms with van der Waals surface area (Å²) in [6.45, 7) is 2.37. The first kappa shape index (κ1) is 33.4. The van der Waals surface area contributed by atoms with Gasteiger partial charge in [-0.3, -0.25) is 0 Å². The molecule has 2 nitrogen and oxygen atoms in total. The summed E-state index contributed by atoms with van der Waals surface area (Å²) < 4.78 is 2.62. The van der Waals surface area contributed by atoms with E-state index in [0.29, 0.717) is 5.82 Å². The van der Waals surface area contributed by atoms with Gasteiger partial charge in [-0.05, 0) is 81.3 Å². The van der Waals surface area contributed by atoms with Gasteiger partial charge in [0, 0.05) is 42.3 Å². The molecule has 57 heavy (non-hydrogen) atoms. The van der Waals surface area contributed by atoms with Crippen LogP contribution in [0.5, 0.6) is 0 Å². The number of aromatic nitrogens is 2. The van der Waals surface area contributed by atoms with E-state index in [1.54, 1.807) is 0 Å². The summed E-state index contributed by atoms with van der Waals surface area (Å²) in [4.78, 5) is 10.3. The first-order chi connectivity index (χ1) is 28.1. The average molecular weight is 745 g/mol. The second-order valence-electron chi connectivity index (χ2n) is 15.1. The standard InChI is InChI=1S/C54H36N2S/c1-54(41-18-6-3-7-19-41)47-24-10-8-20-43(47)44-31-30-38(33-48(44)54)35-26-28-36(29-27-35)49-34-50(56-53(55-49)37-14-4-2-5-15-37)40-17-12-16-39(32-40)42-22-13-23-46-45-21-9-11-25-51(45)57-52(42)46/h2-34H,1H3. The van der Waals surface area contributed by atoms with Crippen molar-refractivity contribution in [3.63, 3.8) is 0 Å². The van der Waals surface area contributed by atoms with E-state index < -0.39 is 0 Å². The zero-order valence-electron chi connectivity index (χ0n) is 31.4. The molecule has 0 saturated heterocycles. The largest absolute Gasteiger partial charge is 0.228 e. The predicted octanol–water partition coefficient (Wildman–Crippen LogP) is 14.5. The molecule has 10 aromatic rings. The summed E-state index contributed by atoms with van der Waals surface area (Å²) in [6.07, 6.45) is 0. The minimum absolute atomic E-state index is 0.240. The van der Waals surface area contributed by atoms with E-state index in [4.69, 9.17) is 9.97 Å². The highest BCUT2D eigenvalue weighted by atomic mass is 32.1. The van der Waals surface area contributed by atoms with Crippen LogP contribution in [-0.4, -0.2) is 9.97 Å². The molecule has 0 fully saturated rings. The van der Waals surface area contributed by atoms with Crippen LogP contribution in [0.3, 0.4) is 0 Å². The Labute approximate surface area is 336 Å². The van der Waals surface area contributed by atoms with E-state index in [1.165, 1.54) is 70.2 Å². The van der Waals surface area contributed by atoms with Crippen LogP contribution >= 0.6 is 11.3 Å². The number of rotatable bonds is 6. The fraction of sp³-hybridized carbons (Fsp3) is 0.0370. The van der Waals surface area contributed by atoms with Gasteiger partial charge >= 0.3 is 0 Å². The first-order valence-electron chi connectivity index (χ1n) is 19.5. The maximum absolute atomic E-state index is 5.18. The molecule has 0 saturated carbocycles. The number of nitrogens with zero attached hydrogens (tertiary/aromatic N) is 2. The van der Waals surface area contributed by atoms with Crippen LogP contribution in [0.4, 0.5) is 0 Å². The average Bonchev–Trinajstić information content (AvgIpc) is 3.80. The minimum Gasteiger partial charge on any atom is -0.228 e. The summed E-state index contributed by atoms with van der Waals surface area (Å²) in [5.41, 5.74) is 16.1. The quantitative estimate of drug-likeness (QED) is 0.169. The third kappa shape index (κ3) is 5.54. The molecule has 11 rings (SSSR count). The van der Waals surface area contributed by atoms with Crippen LogP contribution in [0, 0.1) is 0 Å². The topological polar surface area (TPSA) is 25.8 Å². The highest BCUT2D eigenvalue weighted by Gasteiger charge is 2.40. The number of hydrogen-bond acceptors (Lipinski definition) is 3. The Morgan fingerprint density at radius 3 is 1.82 bits per heavy atom. The lowest BCUT2D eigenvalue weighted by atomic mass is 9.74. The van der Waals surface area contributed by atoms with Crippen molar-refractivity contribution in [2.24, 2.45) is 0 Å². The SMILES string of the molecule is CC1(c2ccccc2)c2ccccc2-c2ccc(-c3ccc(-c4cc(-c5cccc(-c6cccc7c6sc6ccccc67)c5)nc(-c5ccccc5)n4)cc3)cc21. The Morgan fingerprint density at radius 2 is 0.982 bits per heavy atom.